The van der Waals surface area contributed by atoms with Gasteiger partial charge >= 0.3 is 5.97 Å². The monoisotopic (exact) mass is 696 g/mol. The van der Waals surface area contributed by atoms with Gasteiger partial charge in [-0.2, -0.15) is 0 Å². The lowest BCUT2D eigenvalue weighted by atomic mass is 9.50. The highest BCUT2D eigenvalue weighted by molar-refractivity contribution is 6.31. The van der Waals surface area contributed by atoms with E-state index in [1.807, 2.05) is 30.3 Å². The summed E-state index contributed by atoms with van der Waals surface area (Å²) in [5.41, 5.74) is 3.43. The number of primary amides is 1. The molecule has 0 aliphatic heterocycles. The van der Waals surface area contributed by atoms with E-state index >= 15 is 0 Å². The minimum absolute atomic E-state index is 0.0434. The molecule has 2 fully saturated rings. The Labute approximate surface area is 292 Å². The van der Waals surface area contributed by atoms with Crippen LogP contribution in [0.2, 0.25) is 0 Å². The molecule has 13 nitrogen and oxygen atoms in total. The van der Waals surface area contributed by atoms with Crippen LogP contribution in [0.1, 0.15) is 52.7 Å². The van der Waals surface area contributed by atoms with Crippen molar-refractivity contribution in [2.75, 3.05) is 11.4 Å². The molecule has 264 valence electrons. The third-order valence-corrected chi connectivity index (χ3v) is 10.4. The minimum Gasteiger partial charge on any atom is -0.507 e. The number of aliphatic hydroxyl groups is 2. The average molecular weight is 697 g/mol. The standard InChI is InChI=1S/C38H36N2O11/c1-19-28-23(40(26(43)15-12-20-8-4-2-5-9-20)17-27(44)51-18-21-10-6-3-7-11-21)13-14-24(41)30(28)34(46)32-29(19)33(45)22-16-25(42)31(37(39)49)35(47)38(22,50)36(32)48/h2-11,13-14,19,22,29,31-33,41,45,50H,12,15-18H2,1H3,(H2,39,49)/t19-,22+,29+,31?,32?,33+,38+/m0/s1. The summed E-state index contributed by atoms with van der Waals surface area (Å²) >= 11 is 0. The van der Waals surface area contributed by atoms with Gasteiger partial charge in [-0.3, -0.25) is 33.6 Å². The first-order chi connectivity index (χ1) is 24.3. The van der Waals surface area contributed by atoms with Crippen molar-refractivity contribution < 1.29 is 53.6 Å². The van der Waals surface area contributed by atoms with E-state index in [-0.39, 0.29) is 24.3 Å². The lowest BCUT2D eigenvalue weighted by Gasteiger charge is -2.53. The van der Waals surface area contributed by atoms with Crippen molar-refractivity contribution in [3.8, 4) is 5.75 Å². The maximum atomic E-state index is 14.2. The van der Waals surface area contributed by atoms with Crippen LogP contribution < -0.4 is 10.6 Å². The van der Waals surface area contributed by atoms with Crippen molar-refractivity contribution in [1.82, 2.24) is 0 Å². The van der Waals surface area contributed by atoms with Crippen LogP contribution in [0.3, 0.4) is 0 Å². The molecule has 0 spiro atoms. The second-order valence-corrected chi connectivity index (χ2v) is 13.3. The third-order valence-electron chi connectivity index (χ3n) is 10.4. The number of anilines is 1. The lowest BCUT2D eigenvalue weighted by Crippen LogP contribution is -2.72. The summed E-state index contributed by atoms with van der Waals surface area (Å²) in [6.07, 6.45) is -2.32. The Morgan fingerprint density at radius 1 is 0.922 bits per heavy atom. The molecule has 51 heavy (non-hydrogen) atoms. The van der Waals surface area contributed by atoms with E-state index in [1.165, 1.54) is 13.0 Å². The molecule has 3 aromatic carbocycles. The van der Waals surface area contributed by atoms with Crippen molar-refractivity contribution in [1.29, 1.82) is 0 Å². The topological polar surface area (TPSA) is 219 Å². The number of phenolic OH excluding ortho intramolecular Hbond substituents is 1. The number of ether oxygens (including phenoxy) is 1. The van der Waals surface area contributed by atoms with Crippen molar-refractivity contribution >= 4 is 46.6 Å². The second kappa shape index (κ2) is 13.6. The highest BCUT2D eigenvalue weighted by Crippen LogP contribution is 2.55. The number of carbonyl (C=O) groups excluding carboxylic acids is 7. The molecule has 2 amide bonds. The number of Topliss-reactive ketones (excluding diaryl/α,β-unsaturated/α-hetero) is 4. The number of rotatable bonds is 9. The zero-order valence-corrected chi connectivity index (χ0v) is 27.6. The molecule has 3 aliphatic carbocycles. The first kappa shape index (κ1) is 35.3. The number of esters is 1. The molecule has 0 aromatic heterocycles. The average Bonchev–Trinajstić information content (AvgIpc) is 3.11. The van der Waals surface area contributed by atoms with Gasteiger partial charge in [0.15, 0.2) is 34.7 Å². The molecule has 7 atom stereocenters. The number of fused-ring (bicyclic) bond motifs is 3. The summed E-state index contributed by atoms with van der Waals surface area (Å²) in [7, 11) is 0. The molecule has 3 aliphatic rings. The summed E-state index contributed by atoms with van der Waals surface area (Å²) < 4.78 is 5.48. The highest BCUT2D eigenvalue weighted by Gasteiger charge is 2.70. The molecule has 6 rings (SSSR count). The number of aliphatic hydroxyl groups excluding tert-OH is 1. The molecular weight excluding hydrogens is 660 g/mol. The quantitative estimate of drug-likeness (QED) is 0.186. The zero-order chi connectivity index (χ0) is 36.8. The number of nitrogens with two attached hydrogens (primary N) is 1. The van der Waals surface area contributed by atoms with Crippen molar-refractivity contribution in [3.63, 3.8) is 0 Å². The van der Waals surface area contributed by atoms with E-state index in [1.54, 1.807) is 30.3 Å². The molecule has 3 aromatic rings. The highest BCUT2D eigenvalue weighted by atomic mass is 16.5. The Morgan fingerprint density at radius 2 is 1.55 bits per heavy atom. The first-order valence-corrected chi connectivity index (χ1v) is 16.5. The second-order valence-electron chi connectivity index (χ2n) is 13.3. The molecule has 2 saturated carbocycles. The van der Waals surface area contributed by atoms with Crippen LogP contribution in [0.5, 0.6) is 5.75 Å². The van der Waals surface area contributed by atoms with Gasteiger partial charge in [0.1, 0.15) is 18.9 Å². The SMILES string of the molecule is C[C@H]1c2c(N(CC(=O)OCc3ccccc3)C(=O)CCc3ccccc3)ccc(O)c2C(=O)C2C(=O)[C@]3(O)C(=O)C(C(N)=O)C(=O)C[C@@H]3[C@@H](O)[C@@H]21. The van der Waals surface area contributed by atoms with Gasteiger partial charge in [-0.1, -0.05) is 67.6 Å². The predicted molar refractivity (Wildman–Crippen MR) is 178 cm³/mol. The van der Waals surface area contributed by atoms with Gasteiger partial charge in [0.05, 0.1) is 17.6 Å². The minimum atomic E-state index is -3.07. The van der Waals surface area contributed by atoms with Gasteiger partial charge in [0.2, 0.25) is 11.8 Å². The number of hydrogen-bond acceptors (Lipinski definition) is 11. The summed E-state index contributed by atoms with van der Waals surface area (Å²) in [5.74, 6) is -16.2. The van der Waals surface area contributed by atoms with Crippen LogP contribution in [0, 0.1) is 23.7 Å². The van der Waals surface area contributed by atoms with Crippen LogP contribution in [0.15, 0.2) is 72.8 Å². The molecule has 5 N–H and O–H groups in total. The fourth-order valence-corrected chi connectivity index (χ4v) is 7.90. The van der Waals surface area contributed by atoms with Gasteiger partial charge in [0, 0.05) is 30.4 Å². The maximum Gasteiger partial charge on any atom is 0.326 e. The number of aryl methyl sites for hydroxylation is 1. The smallest absolute Gasteiger partial charge is 0.326 e. The lowest BCUT2D eigenvalue weighted by molar-refractivity contribution is -0.189. The predicted octanol–water partition coefficient (Wildman–Crippen LogP) is 1.57. The van der Waals surface area contributed by atoms with Crippen LogP contribution >= 0.6 is 0 Å². The Balaban J connectivity index is 1.40. The van der Waals surface area contributed by atoms with Crippen LogP contribution in [0.4, 0.5) is 5.69 Å². The molecular formula is C38H36N2O11. The number of carbonyl (C=O) groups is 7. The number of nitrogens with zero attached hydrogens (tertiary/aromatic N) is 1. The summed E-state index contributed by atoms with van der Waals surface area (Å²) in [6.45, 7) is 0.866. The summed E-state index contributed by atoms with van der Waals surface area (Å²) in [4.78, 5) is 94.8. The molecule has 0 saturated heterocycles. The number of aromatic hydroxyl groups is 1. The number of amides is 2. The Kier molecular flexibility index (Phi) is 9.45. The van der Waals surface area contributed by atoms with E-state index in [0.717, 1.165) is 16.5 Å². The summed E-state index contributed by atoms with van der Waals surface area (Å²) in [6, 6.07) is 20.5. The largest absolute Gasteiger partial charge is 0.507 e. The summed E-state index contributed by atoms with van der Waals surface area (Å²) in [5, 5.41) is 34.3. The van der Waals surface area contributed by atoms with Crippen molar-refractivity contribution in [3.05, 3.63) is 95.1 Å². The number of phenols is 1. The molecule has 2 unspecified atom stereocenters. The molecule has 0 bridgehead atoms. The Morgan fingerprint density at radius 3 is 2.18 bits per heavy atom. The Hall–Kier alpha value is -5.53. The van der Waals surface area contributed by atoms with E-state index in [2.05, 4.69) is 0 Å². The normalized spacial score (nSPS) is 26.8. The van der Waals surface area contributed by atoms with Crippen molar-refractivity contribution in [2.45, 2.75) is 50.4 Å². The van der Waals surface area contributed by atoms with Gasteiger partial charge in [-0.15, -0.1) is 0 Å². The van der Waals surface area contributed by atoms with Gasteiger partial charge in [0.25, 0.3) is 0 Å². The van der Waals surface area contributed by atoms with Gasteiger partial charge in [-0.05, 0) is 41.2 Å². The maximum absolute atomic E-state index is 14.2. The third kappa shape index (κ3) is 6.02. The Bertz CT molecular complexity index is 1950. The number of ketones is 4. The van der Waals surface area contributed by atoms with Crippen LogP contribution in [0.25, 0.3) is 0 Å². The van der Waals surface area contributed by atoms with E-state index in [9.17, 15) is 48.9 Å². The van der Waals surface area contributed by atoms with E-state index < -0.39 is 106 Å². The van der Waals surface area contributed by atoms with E-state index in [4.69, 9.17) is 10.5 Å². The van der Waals surface area contributed by atoms with Crippen LogP contribution in [-0.2, 0) is 46.5 Å². The fourth-order valence-electron chi connectivity index (χ4n) is 7.90. The van der Waals surface area contributed by atoms with E-state index in [0.29, 0.717) is 12.0 Å². The van der Waals surface area contributed by atoms with Crippen molar-refractivity contribution in [2.24, 2.45) is 29.4 Å². The number of hydrogen-bond donors (Lipinski definition) is 4. The molecule has 0 heterocycles. The number of benzene rings is 3. The first-order valence-electron chi connectivity index (χ1n) is 16.5. The molecule has 13 heteroatoms. The zero-order valence-electron chi connectivity index (χ0n) is 27.6. The molecule has 0 radical (unpaired) electrons. The van der Waals surface area contributed by atoms with Gasteiger partial charge < -0.3 is 30.7 Å². The fraction of sp³-hybridized carbons (Fsp3) is 0.342. The van der Waals surface area contributed by atoms with Gasteiger partial charge in [-0.25, -0.2) is 0 Å². The van der Waals surface area contributed by atoms with Crippen LogP contribution in [-0.4, -0.2) is 74.5 Å².